The van der Waals surface area contributed by atoms with Crippen molar-refractivity contribution in [1.29, 1.82) is 5.26 Å². The molecule has 2 N–H and O–H groups in total. The van der Waals surface area contributed by atoms with Crippen molar-refractivity contribution in [2.45, 2.75) is 0 Å². The first-order chi connectivity index (χ1) is 13.5. The second kappa shape index (κ2) is 8.37. The largest absolute Gasteiger partial charge is 0.478 e. The van der Waals surface area contributed by atoms with Crippen LogP contribution in [0.15, 0.2) is 76.9 Å². The summed E-state index contributed by atoms with van der Waals surface area (Å²) < 4.78 is 2.51. The molecule has 0 saturated heterocycles. The second-order valence-corrected chi connectivity index (χ2v) is 6.71. The number of aromatic carboxylic acids is 1. The summed E-state index contributed by atoms with van der Waals surface area (Å²) in [6, 6.07) is 18.9. The van der Waals surface area contributed by atoms with Crippen molar-refractivity contribution in [3.63, 3.8) is 0 Å². The number of carboxylic acids is 1. The summed E-state index contributed by atoms with van der Waals surface area (Å²) in [5.74, 6) is -1.56. The van der Waals surface area contributed by atoms with Gasteiger partial charge in [-0.1, -0.05) is 28.1 Å². The lowest BCUT2D eigenvalue weighted by atomic mass is 10.2. The third-order valence-electron chi connectivity index (χ3n) is 3.89. The lowest BCUT2D eigenvalue weighted by molar-refractivity contribution is -0.112. The standard InChI is InChI=1S/C21H14BrN3O3/c22-16-5-2-6-17(12-16)24-20(26)15(13-23)11-19-8-3-9-25(19)18-7-1-4-14(10-18)21(27)28/h1-12H,(H,24,26)(H,27,28)/b15-11+. The Morgan fingerprint density at radius 2 is 1.89 bits per heavy atom. The Morgan fingerprint density at radius 1 is 1.11 bits per heavy atom. The number of carboxylic acid groups (broad SMARTS) is 1. The molecule has 0 saturated carbocycles. The number of anilines is 1. The molecule has 0 radical (unpaired) electrons. The third-order valence-corrected chi connectivity index (χ3v) is 4.38. The van der Waals surface area contributed by atoms with Gasteiger partial charge in [-0.25, -0.2) is 4.79 Å². The van der Waals surface area contributed by atoms with E-state index in [4.69, 9.17) is 0 Å². The van der Waals surface area contributed by atoms with Crippen LogP contribution in [0.1, 0.15) is 16.1 Å². The average Bonchev–Trinajstić information content (AvgIpc) is 3.14. The number of nitriles is 1. The molecule has 2 aromatic carbocycles. The highest BCUT2D eigenvalue weighted by Gasteiger charge is 2.12. The zero-order valence-electron chi connectivity index (χ0n) is 14.5. The van der Waals surface area contributed by atoms with Gasteiger partial charge < -0.3 is 15.0 Å². The van der Waals surface area contributed by atoms with Gasteiger partial charge >= 0.3 is 5.97 Å². The number of nitrogens with one attached hydrogen (secondary N) is 1. The normalized spacial score (nSPS) is 10.9. The number of halogens is 1. The van der Waals surface area contributed by atoms with Crippen LogP contribution in [0.25, 0.3) is 11.8 Å². The van der Waals surface area contributed by atoms with E-state index >= 15 is 0 Å². The van der Waals surface area contributed by atoms with E-state index in [0.29, 0.717) is 17.1 Å². The molecule has 6 nitrogen and oxygen atoms in total. The summed E-state index contributed by atoms with van der Waals surface area (Å²) in [7, 11) is 0. The van der Waals surface area contributed by atoms with Crippen molar-refractivity contribution in [1.82, 2.24) is 4.57 Å². The average molecular weight is 436 g/mol. The molecule has 0 spiro atoms. The van der Waals surface area contributed by atoms with Crippen LogP contribution in [0.2, 0.25) is 0 Å². The lowest BCUT2D eigenvalue weighted by Gasteiger charge is -2.09. The van der Waals surface area contributed by atoms with E-state index in [1.54, 1.807) is 53.2 Å². The summed E-state index contributed by atoms with van der Waals surface area (Å²) in [6.07, 6.45) is 3.19. The highest BCUT2D eigenvalue weighted by molar-refractivity contribution is 9.10. The number of aromatic nitrogens is 1. The maximum Gasteiger partial charge on any atom is 0.335 e. The summed E-state index contributed by atoms with van der Waals surface area (Å²) in [6.45, 7) is 0. The van der Waals surface area contributed by atoms with E-state index in [1.807, 2.05) is 12.1 Å². The SMILES string of the molecule is N#C/C(=C\c1cccn1-c1cccc(C(=O)O)c1)C(=O)Nc1cccc(Br)c1. The van der Waals surface area contributed by atoms with Gasteiger partial charge in [0.15, 0.2) is 0 Å². The number of hydrogen-bond acceptors (Lipinski definition) is 3. The summed E-state index contributed by atoms with van der Waals surface area (Å²) in [5.41, 5.74) is 1.82. The first-order valence-electron chi connectivity index (χ1n) is 8.18. The van der Waals surface area contributed by atoms with Crippen LogP contribution < -0.4 is 5.32 Å². The zero-order valence-corrected chi connectivity index (χ0v) is 16.1. The van der Waals surface area contributed by atoms with Gasteiger partial charge in [-0.15, -0.1) is 0 Å². The van der Waals surface area contributed by atoms with Crippen molar-refractivity contribution < 1.29 is 14.7 Å². The maximum atomic E-state index is 12.5. The first kappa shape index (κ1) is 19.1. The summed E-state index contributed by atoms with van der Waals surface area (Å²) in [4.78, 5) is 23.7. The van der Waals surface area contributed by atoms with Crippen molar-refractivity contribution in [3.8, 4) is 11.8 Å². The molecule has 28 heavy (non-hydrogen) atoms. The molecule has 7 heteroatoms. The van der Waals surface area contributed by atoms with Gasteiger partial charge in [0.2, 0.25) is 0 Å². The molecule has 0 fully saturated rings. The van der Waals surface area contributed by atoms with E-state index < -0.39 is 11.9 Å². The Labute approximate surface area is 169 Å². The monoisotopic (exact) mass is 435 g/mol. The van der Waals surface area contributed by atoms with E-state index in [-0.39, 0.29) is 11.1 Å². The number of carbonyl (C=O) groups excluding carboxylic acids is 1. The molecule has 3 aromatic rings. The Balaban J connectivity index is 1.91. The fraction of sp³-hybridized carbons (Fsp3) is 0. The lowest BCUT2D eigenvalue weighted by Crippen LogP contribution is -2.13. The number of benzene rings is 2. The van der Waals surface area contributed by atoms with Crippen LogP contribution in [0.5, 0.6) is 0 Å². The van der Waals surface area contributed by atoms with Gasteiger partial charge in [0, 0.05) is 27.7 Å². The molecule has 1 amide bonds. The molecule has 0 unspecified atom stereocenters. The molecule has 0 aliphatic heterocycles. The fourth-order valence-corrected chi connectivity index (χ4v) is 3.00. The number of rotatable bonds is 5. The fourth-order valence-electron chi connectivity index (χ4n) is 2.60. The molecule has 1 heterocycles. The number of amides is 1. The topological polar surface area (TPSA) is 95.1 Å². The molecule has 0 aliphatic rings. The van der Waals surface area contributed by atoms with E-state index in [0.717, 1.165) is 4.47 Å². The van der Waals surface area contributed by atoms with Crippen LogP contribution in [0.4, 0.5) is 5.69 Å². The molecular weight excluding hydrogens is 422 g/mol. The molecule has 0 atom stereocenters. The second-order valence-electron chi connectivity index (χ2n) is 5.79. The Kier molecular flexibility index (Phi) is 5.72. The third kappa shape index (κ3) is 4.37. The number of nitrogens with zero attached hydrogens (tertiary/aromatic N) is 2. The molecule has 0 aliphatic carbocycles. The van der Waals surface area contributed by atoms with Crippen molar-refractivity contribution in [2.24, 2.45) is 0 Å². The number of carbonyl (C=O) groups is 2. The summed E-state index contributed by atoms with van der Waals surface area (Å²) >= 11 is 3.33. The first-order valence-corrected chi connectivity index (χ1v) is 8.97. The van der Waals surface area contributed by atoms with Crippen molar-refractivity contribution >= 4 is 39.6 Å². The molecule has 138 valence electrons. The Bertz CT molecular complexity index is 1130. The molecular formula is C21H14BrN3O3. The van der Waals surface area contributed by atoms with Crippen LogP contribution in [0.3, 0.4) is 0 Å². The van der Waals surface area contributed by atoms with Crippen LogP contribution in [-0.2, 0) is 4.79 Å². The highest BCUT2D eigenvalue weighted by Crippen LogP contribution is 2.19. The minimum absolute atomic E-state index is 0.0747. The smallest absolute Gasteiger partial charge is 0.335 e. The predicted molar refractivity (Wildman–Crippen MR) is 109 cm³/mol. The van der Waals surface area contributed by atoms with Crippen molar-refractivity contribution in [3.05, 3.63) is 88.2 Å². The van der Waals surface area contributed by atoms with Crippen LogP contribution in [-0.4, -0.2) is 21.6 Å². The summed E-state index contributed by atoms with van der Waals surface area (Å²) in [5, 5.41) is 21.3. The van der Waals surface area contributed by atoms with E-state index in [1.165, 1.54) is 18.2 Å². The van der Waals surface area contributed by atoms with Crippen molar-refractivity contribution in [2.75, 3.05) is 5.32 Å². The predicted octanol–water partition coefficient (Wildman–Crippen LogP) is 4.48. The minimum atomic E-state index is -1.03. The molecule has 3 rings (SSSR count). The highest BCUT2D eigenvalue weighted by atomic mass is 79.9. The molecule has 0 bridgehead atoms. The van der Waals surface area contributed by atoms with E-state index in [9.17, 15) is 20.0 Å². The van der Waals surface area contributed by atoms with E-state index in [2.05, 4.69) is 21.2 Å². The quantitative estimate of drug-likeness (QED) is 0.455. The van der Waals surface area contributed by atoms with Gasteiger partial charge in [0.05, 0.1) is 5.56 Å². The Hall–Kier alpha value is -3.63. The Morgan fingerprint density at radius 3 is 2.61 bits per heavy atom. The number of hydrogen-bond donors (Lipinski definition) is 2. The minimum Gasteiger partial charge on any atom is -0.478 e. The van der Waals surface area contributed by atoms with Gasteiger partial charge in [-0.3, -0.25) is 4.79 Å². The zero-order chi connectivity index (χ0) is 20.1. The van der Waals surface area contributed by atoms with Gasteiger partial charge in [0.25, 0.3) is 5.91 Å². The van der Waals surface area contributed by atoms with Crippen LogP contribution in [0, 0.1) is 11.3 Å². The maximum absolute atomic E-state index is 12.5. The van der Waals surface area contributed by atoms with Crippen LogP contribution >= 0.6 is 15.9 Å². The molecule has 1 aromatic heterocycles. The van der Waals surface area contributed by atoms with Gasteiger partial charge in [-0.05, 0) is 54.6 Å². The van der Waals surface area contributed by atoms with Gasteiger partial charge in [-0.2, -0.15) is 5.26 Å². The van der Waals surface area contributed by atoms with Gasteiger partial charge in [0.1, 0.15) is 11.6 Å².